The van der Waals surface area contributed by atoms with Gasteiger partial charge in [-0.25, -0.2) is 9.97 Å². The molecule has 0 atom stereocenters. The Hall–Kier alpha value is -1.49. The molecule has 4 nitrogen and oxygen atoms in total. The van der Waals surface area contributed by atoms with Gasteiger partial charge in [-0.3, -0.25) is 9.36 Å². The number of aryl methyl sites for hydroxylation is 1. The molecule has 0 aliphatic carbocycles. The van der Waals surface area contributed by atoms with Gasteiger partial charge in [0.15, 0.2) is 0 Å². The summed E-state index contributed by atoms with van der Waals surface area (Å²) in [5, 5.41) is 0. The number of aromatic nitrogens is 3. The van der Waals surface area contributed by atoms with Crippen molar-refractivity contribution in [3.05, 3.63) is 51.2 Å². The highest BCUT2D eigenvalue weighted by atomic mass is 79.9. The lowest BCUT2D eigenvalue weighted by molar-refractivity contribution is 0.896. The fourth-order valence-electron chi connectivity index (χ4n) is 1.26. The second-order valence-corrected chi connectivity index (χ2v) is 3.82. The van der Waals surface area contributed by atoms with Crippen LogP contribution in [0.15, 0.2) is 39.9 Å². The molecule has 0 amide bonds. The van der Waals surface area contributed by atoms with Crippen LogP contribution < -0.4 is 5.56 Å². The topological polar surface area (TPSA) is 47.8 Å². The second-order valence-electron chi connectivity index (χ2n) is 3.00. The summed E-state index contributed by atoms with van der Waals surface area (Å²) in [7, 11) is 0. The molecule has 0 fully saturated rings. The van der Waals surface area contributed by atoms with Crippen LogP contribution >= 0.6 is 15.9 Å². The Balaban J connectivity index is 2.64. The predicted molar refractivity (Wildman–Crippen MR) is 60.1 cm³/mol. The van der Waals surface area contributed by atoms with E-state index in [9.17, 15) is 4.79 Å². The Bertz CT molecular complexity index is 530. The van der Waals surface area contributed by atoms with E-state index in [0.717, 1.165) is 0 Å². The molecule has 2 aromatic rings. The Labute approximate surface area is 94.8 Å². The molecule has 2 heterocycles. The Morgan fingerprint density at radius 1 is 1.33 bits per heavy atom. The zero-order valence-electron chi connectivity index (χ0n) is 8.01. The summed E-state index contributed by atoms with van der Waals surface area (Å²) < 4.78 is 2.14. The summed E-state index contributed by atoms with van der Waals surface area (Å²) in [6.45, 7) is 1.78. The molecule has 0 spiro atoms. The van der Waals surface area contributed by atoms with Gasteiger partial charge in [0.05, 0.1) is 0 Å². The minimum atomic E-state index is -0.109. The van der Waals surface area contributed by atoms with Gasteiger partial charge in [-0.2, -0.15) is 0 Å². The molecule has 0 radical (unpaired) electrons. The second kappa shape index (κ2) is 3.94. The summed E-state index contributed by atoms with van der Waals surface area (Å²) in [5.74, 6) is 1.19. The van der Waals surface area contributed by atoms with Crippen LogP contribution in [-0.2, 0) is 0 Å². The lowest BCUT2D eigenvalue weighted by Gasteiger charge is -2.04. The molecule has 76 valence electrons. The average molecular weight is 266 g/mol. The van der Waals surface area contributed by atoms with Gasteiger partial charge in [-0.05, 0) is 28.9 Å². The van der Waals surface area contributed by atoms with E-state index in [-0.39, 0.29) is 5.56 Å². The van der Waals surface area contributed by atoms with Crippen molar-refractivity contribution < 1.29 is 0 Å². The van der Waals surface area contributed by atoms with Crippen LogP contribution in [0.2, 0.25) is 0 Å². The molecule has 0 aliphatic rings. The van der Waals surface area contributed by atoms with Crippen LogP contribution in [0, 0.1) is 6.92 Å². The number of hydrogen-bond donors (Lipinski definition) is 0. The smallest absolute Gasteiger partial charge is 0.256 e. The SMILES string of the molecule is Cc1nc(Br)cc(-n2ccccc2=O)n1. The lowest BCUT2D eigenvalue weighted by Crippen LogP contribution is -2.17. The van der Waals surface area contributed by atoms with Gasteiger partial charge < -0.3 is 0 Å². The van der Waals surface area contributed by atoms with E-state index in [4.69, 9.17) is 0 Å². The molecule has 0 N–H and O–H groups in total. The first kappa shape index (κ1) is 10.0. The van der Waals surface area contributed by atoms with Gasteiger partial charge in [0, 0.05) is 18.3 Å². The van der Waals surface area contributed by atoms with Crippen molar-refractivity contribution in [3.63, 3.8) is 0 Å². The third-order valence-electron chi connectivity index (χ3n) is 1.86. The molecule has 0 aromatic carbocycles. The van der Waals surface area contributed by atoms with Crippen molar-refractivity contribution in [2.24, 2.45) is 0 Å². The van der Waals surface area contributed by atoms with Gasteiger partial charge in [0.2, 0.25) is 0 Å². The third-order valence-corrected chi connectivity index (χ3v) is 2.27. The molecule has 0 bridgehead atoms. The summed E-state index contributed by atoms with van der Waals surface area (Å²) in [6, 6.07) is 6.68. The van der Waals surface area contributed by atoms with Crippen molar-refractivity contribution in [3.8, 4) is 5.82 Å². The van der Waals surface area contributed by atoms with E-state index in [1.807, 2.05) is 0 Å². The van der Waals surface area contributed by atoms with Gasteiger partial charge in [0.25, 0.3) is 5.56 Å². The molecule has 0 saturated heterocycles. The van der Waals surface area contributed by atoms with Crippen molar-refractivity contribution in [1.29, 1.82) is 0 Å². The summed E-state index contributed by atoms with van der Waals surface area (Å²) in [5.41, 5.74) is -0.109. The van der Waals surface area contributed by atoms with Crippen LogP contribution in [0.3, 0.4) is 0 Å². The number of rotatable bonds is 1. The van der Waals surface area contributed by atoms with Gasteiger partial charge >= 0.3 is 0 Å². The highest BCUT2D eigenvalue weighted by Gasteiger charge is 2.02. The van der Waals surface area contributed by atoms with Crippen LogP contribution in [-0.4, -0.2) is 14.5 Å². The number of pyridine rings is 1. The Kier molecular flexibility index (Phi) is 2.64. The Morgan fingerprint density at radius 3 is 2.80 bits per heavy atom. The summed E-state index contributed by atoms with van der Waals surface area (Å²) in [6.07, 6.45) is 1.68. The van der Waals surface area contributed by atoms with Crippen molar-refractivity contribution >= 4 is 15.9 Å². The first-order chi connectivity index (χ1) is 7.16. The van der Waals surface area contributed by atoms with Crippen LogP contribution in [0.4, 0.5) is 0 Å². The maximum Gasteiger partial charge on any atom is 0.256 e. The van der Waals surface area contributed by atoms with Crippen molar-refractivity contribution in [1.82, 2.24) is 14.5 Å². The zero-order chi connectivity index (χ0) is 10.8. The van der Waals surface area contributed by atoms with E-state index in [0.29, 0.717) is 16.2 Å². The highest BCUT2D eigenvalue weighted by Crippen LogP contribution is 2.10. The minimum Gasteiger partial charge on any atom is -0.269 e. The summed E-state index contributed by atoms with van der Waals surface area (Å²) in [4.78, 5) is 19.8. The van der Waals surface area contributed by atoms with Crippen LogP contribution in [0.5, 0.6) is 0 Å². The van der Waals surface area contributed by atoms with E-state index in [1.54, 1.807) is 31.3 Å². The molecule has 2 aromatic heterocycles. The van der Waals surface area contributed by atoms with Gasteiger partial charge in [0.1, 0.15) is 16.2 Å². The van der Waals surface area contributed by atoms with E-state index < -0.39 is 0 Å². The molecule has 0 saturated carbocycles. The summed E-state index contributed by atoms with van der Waals surface area (Å²) >= 11 is 3.27. The first-order valence-electron chi connectivity index (χ1n) is 4.36. The molecule has 2 rings (SSSR count). The number of halogens is 1. The van der Waals surface area contributed by atoms with Crippen LogP contribution in [0.1, 0.15) is 5.82 Å². The molecular formula is C10H8BrN3O. The number of hydrogen-bond acceptors (Lipinski definition) is 3. The third kappa shape index (κ3) is 2.12. The Morgan fingerprint density at radius 2 is 2.13 bits per heavy atom. The van der Waals surface area contributed by atoms with E-state index in [2.05, 4.69) is 25.9 Å². The first-order valence-corrected chi connectivity index (χ1v) is 5.15. The van der Waals surface area contributed by atoms with Gasteiger partial charge in [-0.1, -0.05) is 6.07 Å². The lowest BCUT2D eigenvalue weighted by atomic mass is 10.4. The van der Waals surface area contributed by atoms with Crippen LogP contribution in [0.25, 0.3) is 5.82 Å². The van der Waals surface area contributed by atoms with Gasteiger partial charge in [-0.15, -0.1) is 0 Å². The normalized spacial score (nSPS) is 10.3. The molecular weight excluding hydrogens is 258 g/mol. The zero-order valence-corrected chi connectivity index (χ0v) is 9.60. The quantitative estimate of drug-likeness (QED) is 0.738. The van der Waals surface area contributed by atoms with Crippen molar-refractivity contribution in [2.75, 3.05) is 0 Å². The largest absolute Gasteiger partial charge is 0.269 e. The maximum absolute atomic E-state index is 11.5. The monoisotopic (exact) mass is 265 g/mol. The van der Waals surface area contributed by atoms with E-state index >= 15 is 0 Å². The molecule has 0 unspecified atom stereocenters. The van der Waals surface area contributed by atoms with E-state index in [1.165, 1.54) is 10.6 Å². The molecule has 15 heavy (non-hydrogen) atoms. The standard InChI is InChI=1S/C10H8BrN3O/c1-7-12-8(11)6-9(13-7)14-5-3-2-4-10(14)15/h2-6H,1H3. The number of nitrogens with zero attached hydrogens (tertiary/aromatic N) is 3. The fraction of sp³-hybridized carbons (Fsp3) is 0.100. The predicted octanol–water partition coefficient (Wildman–Crippen LogP) is 1.70. The fourth-order valence-corrected chi connectivity index (χ4v) is 1.72. The average Bonchev–Trinajstić information content (AvgIpc) is 2.16. The maximum atomic E-state index is 11.5. The molecule has 0 aliphatic heterocycles. The highest BCUT2D eigenvalue weighted by molar-refractivity contribution is 9.10. The van der Waals surface area contributed by atoms with Crippen molar-refractivity contribution in [2.45, 2.75) is 6.92 Å². The minimum absolute atomic E-state index is 0.109. The molecule has 5 heteroatoms.